The molecule has 3 rings (SSSR count). The van der Waals surface area contributed by atoms with Crippen LogP contribution in [-0.4, -0.2) is 48.5 Å². The molecule has 122 valence electrons. The van der Waals surface area contributed by atoms with Gasteiger partial charge < -0.3 is 10.2 Å². The molecule has 1 fully saturated rings. The van der Waals surface area contributed by atoms with Crippen LogP contribution < -0.4 is 10.2 Å². The lowest BCUT2D eigenvalue weighted by Gasteiger charge is -2.35. The van der Waals surface area contributed by atoms with Gasteiger partial charge in [-0.2, -0.15) is 0 Å². The molecule has 1 aromatic carbocycles. The fourth-order valence-electron chi connectivity index (χ4n) is 2.59. The first-order chi connectivity index (χ1) is 11.1. The van der Waals surface area contributed by atoms with E-state index in [-0.39, 0.29) is 11.7 Å². The summed E-state index contributed by atoms with van der Waals surface area (Å²) < 4.78 is 13.0. The topological polar surface area (TPSA) is 48.5 Å². The SMILES string of the molecule is Cc1cnc(NC(=O)CN2CCN(c3ccc(F)cc3)CC2)s1. The number of hydrogen-bond acceptors (Lipinski definition) is 5. The summed E-state index contributed by atoms with van der Waals surface area (Å²) in [6.45, 7) is 5.60. The van der Waals surface area contributed by atoms with Gasteiger partial charge in [-0.05, 0) is 31.2 Å². The van der Waals surface area contributed by atoms with E-state index in [2.05, 4.69) is 20.1 Å². The molecule has 7 heteroatoms. The number of aryl methyl sites for hydroxylation is 1. The fourth-order valence-corrected chi connectivity index (χ4v) is 3.27. The van der Waals surface area contributed by atoms with Gasteiger partial charge in [-0.15, -0.1) is 11.3 Å². The van der Waals surface area contributed by atoms with Gasteiger partial charge in [-0.1, -0.05) is 0 Å². The number of anilines is 2. The molecule has 1 N–H and O–H groups in total. The lowest BCUT2D eigenvalue weighted by molar-refractivity contribution is -0.117. The Morgan fingerprint density at radius 3 is 2.57 bits per heavy atom. The first-order valence-electron chi connectivity index (χ1n) is 7.55. The van der Waals surface area contributed by atoms with E-state index in [4.69, 9.17) is 0 Å². The largest absolute Gasteiger partial charge is 0.369 e. The van der Waals surface area contributed by atoms with Crippen molar-refractivity contribution in [3.05, 3.63) is 41.2 Å². The summed E-state index contributed by atoms with van der Waals surface area (Å²) >= 11 is 1.48. The molecular formula is C16H19FN4OS. The van der Waals surface area contributed by atoms with Crippen LogP contribution in [0.15, 0.2) is 30.5 Å². The second-order valence-corrected chi connectivity index (χ2v) is 6.80. The van der Waals surface area contributed by atoms with Gasteiger partial charge in [-0.3, -0.25) is 9.69 Å². The molecular weight excluding hydrogens is 315 g/mol. The first-order valence-corrected chi connectivity index (χ1v) is 8.37. The van der Waals surface area contributed by atoms with E-state index < -0.39 is 0 Å². The van der Waals surface area contributed by atoms with E-state index in [0.29, 0.717) is 11.7 Å². The van der Waals surface area contributed by atoms with Gasteiger partial charge in [0.25, 0.3) is 0 Å². The van der Waals surface area contributed by atoms with Crippen molar-refractivity contribution >= 4 is 28.1 Å². The van der Waals surface area contributed by atoms with E-state index >= 15 is 0 Å². The second-order valence-electron chi connectivity index (χ2n) is 5.56. The van der Waals surface area contributed by atoms with E-state index in [1.54, 1.807) is 18.3 Å². The summed E-state index contributed by atoms with van der Waals surface area (Å²) in [4.78, 5) is 21.6. The average Bonchev–Trinajstić information content (AvgIpc) is 2.94. The molecule has 0 saturated carbocycles. The molecule has 1 amide bonds. The number of amides is 1. The number of benzene rings is 1. The van der Waals surface area contributed by atoms with Crippen molar-refractivity contribution < 1.29 is 9.18 Å². The summed E-state index contributed by atoms with van der Waals surface area (Å²) in [5, 5.41) is 3.48. The third-order valence-electron chi connectivity index (χ3n) is 3.80. The zero-order chi connectivity index (χ0) is 16.2. The molecule has 5 nitrogen and oxygen atoms in total. The molecule has 0 atom stereocenters. The number of piperazine rings is 1. The molecule has 2 aromatic rings. The maximum atomic E-state index is 13.0. The Labute approximate surface area is 138 Å². The summed E-state index contributed by atoms with van der Waals surface area (Å²) in [6.07, 6.45) is 1.75. The predicted molar refractivity (Wildman–Crippen MR) is 90.5 cm³/mol. The van der Waals surface area contributed by atoms with Crippen LogP contribution in [-0.2, 0) is 4.79 Å². The number of rotatable bonds is 4. The van der Waals surface area contributed by atoms with Gasteiger partial charge in [0.15, 0.2) is 5.13 Å². The second kappa shape index (κ2) is 7.06. The van der Waals surface area contributed by atoms with Crippen LogP contribution in [0.1, 0.15) is 4.88 Å². The molecule has 0 unspecified atom stereocenters. The molecule has 1 saturated heterocycles. The van der Waals surface area contributed by atoms with Gasteiger partial charge in [0, 0.05) is 42.9 Å². The Morgan fingerprint density at radius 1 is 1.26 bits per heavy atom. The van der Waals surface area contributed by atoms with Crippen molar-refractivity contribution in [1.29, 1.82) is 0 Å². The zero-order valence-electron chi connectivity index (χ0n) is 13.0. The molecule has 0 aliphatic carbocycles. The van der Waals surface area contributed by atoms with Gasteiger partial charge in [0.1, 0.15) is 5.82 Å². The quantitative estimate of drug-likeness (QED) is 0.932. The minimum absolute atomic E-state index is 0.0328. The van der Waals surface area contributed by atoms with E-state index in [1.807, 2.05) is 6.92 Å². The maximum Gasteiger partial charge on any atom is 0.240 e. The predicted octanol–water partition coefficient (Wildman–Crippen LogP) is 2.35. The third kappa shape index (κ3) is 4.27. The number of thiazole rings is 1. The highest BCUT2D eigenvalue weighted by Gasteiger charge is 2.19. The first kappa shape index (κ1) is 15.9. The van der Waals surface area contributed by atoms with Crippen LogP contribution in [0.4, 0.5) is 15.2 Å². The van der Waals surface area contributed by atoms with E-state index in [1.165, 1.54) is 23.5 Å². The Hall–Kier alpha value is -1.99. The number of carbonyl (C=O) groups is 1. The molecule has 0 spiro atoms. The number of aromatic nitrogens is 1. The van der Waals surface area contributed by atoms with Gasteiger partial charge in [0.05, 0.1) is 6.54 Å². The minimum Gasteiger partial charge on any atom is -0.369 e. The molecule has 23 heavy (non-hydrogen) atoms. The molecule has 1 aromatic heterocycles. The fraction of sp³-hybridized carbons (Fsp3) is 0.375. The Bertz CT molecular complexity index is 665. The van der Waals surface area contributed by atoms with Crippen LogP contribution in [0.5, 0.6) is 0 Å². The van der Waals surface area contributed by atoms with Crippen LogP contribution in [0.25, 0.3) is 0 Å². The summed E-state index contributed by atoms with van der Waals surface area (Å²) in [5.41, 5.74) is 1.02. The maximum absolute atomic E-state index is 13.0. The van der Waals surface area contributed by atoms with Gasteiger partial charge >= 0.3 is 0 Å². The summed E-state index contributed by atoms with van der Waals surface area (Å²) in [6, 6.07) is 6.54. The number of nitrogens with one attached hydrogen (secondary N) is 1. The monoisotopic (exact) mass is 334 g/mol. The number of halogens is 1. The van der Waals surface area contributed by atoms with Crippen molar-refractivity contribution in [3.8, 4) is 0 Å². The Balaban J connectivity index is 1.47. The minimum atomic E-state index is -0.221. The third-order valence-corrected chi connectivity index (χ3v) is 4.63. The van der Waals surface area contributed by atoms with Crippen LogP contribution in [0.3, 0.4) is 0 Å². The molecule has 2 heterocycles. The smallest absolute Gasteiger partial charge is 0.240 e. The Kier molecular flexibility index (Phi) is 4.88. The van der Waals surface area contributed by atoms with Crippen molar-refractivity contribution in [3.63, 3.8) is 0 Å². The van der Waals surface area contributed by atoms with E-state index in [9.17, 15) is 9.18 Å². The standard InChI is InChI=1S/C16H19FN4OS/c1-12-10-18-16(23-12)19-15(22)11-20-6-8-21(9-7-20)14-4-2-13(17)3-5-14/h2-5,10H,6-9,11H2,1H3,(H,18,19,22). The molecule has 1 aliphatic heterocycles. The lowest BCUT2D eigenvalue weighted by atomic mass is 10.2. The molecule has 0 bridgehead atoms. The van der Waals surface area contributed by atoms with Crippen LogP contribution >= 0.6 is 11.3 Å². The normalized spacial score (nSPS) is 15.7. The molecule has 0 radical (unpaired) electrons. The lowest BCUT2D eigenvalue weighted by Crippen LogP contribution is -2.48. The highest BCUT2D eigenvalue weighted by Crippen LogP contribution is 2.18. The van der Waals surface area contributed by atoms with Crippen molar-refractivity contribution in [1.82, 2.24) is 9.88 Å². The number of hydrogen-bond donors (Lipinski definition) is 1. The van der Waals surface area contributed by atoms with Crippen molar-refractivity contribution in [2.24, 2.45) is 0 Å². The average molecular weight is 334 g/mol. The summed E-state index contributed by atoms with van der Waals surface area (Å²) in [7, 11) is 0. The Morgan fingerprint density at radius 2 is 1.96 bits per heavy atom. The zero-order valence-corrected chi connectivity index (χ0v) is 13.8. The highest BCUT2D eigenvalue weighted by molar-refractivity contribution is 7.15. The number of nitrogens with zero attached hydrogens (tertiary/aromatic N) is 3. The summed E-state index contributed by atoms with van der Waals surface area (Å²) in [5.74, 6) is -0.254. The van der Waals surface area contributed by atoms with Crippen LogP contribution in [0, 0.1) is 12.7 Å². The number of carbonyl (C=O) groups excluding carboxylic acids is 1. The highest BCUT2D eigenvalue weighted by atomic mass is 32.1. The van der Waals surface area contributed by atoms with Crippen LogP contribution in [0.2, 0.25) is 0 Å². The van der Waals surface area contributed by atoms with Crippen molar-refractivity contribution in [2.75, 3.05) is 42.9 Å². The van der Waals surface area contributed by atoms with Gasteiger partial charge in [-0.25, -0.2) is 9.37 Å². The van der Waals surface area contributed by atoms with E-state index in [0.717, 1.165) is 36.7 Å². The van der Waals surface area contributed by atoms with Crippen molar-refractivity contribution in [2.45, 2.75) is 6.92 Å². The molecule has 1 aliphatic rings. The van der Waals surface area contributed by atoms with Gasteiger partial charge in [0.2, 0.25) is 5.91 Å².